The highest BCUT2D eigenvalue weighted by Crippen LogP contribution is 2.30. The van der Waals surface area contributed by atoms with Gasteiger partial charge in [-0.25, -0.2) is 0 Å². The van der Waals surface area contributed by atoms with Gasteiger partial charge in [0.05, 0.1) is 0 Å². The molecule has 1 aromatic carbocycles. The number of thioether (sulfide) groups is 1. The molecule has 0 aromatic heterocycles. The number of hydrogen-bond donors (Lipinski definition) is 1. The molecule has 0 saturated carbocycles. The minimum absolute atomic E-state index is 0.400. The zero-order chi connectivity index (χ0) is 11.5. The van der Waals surface area contributed by atoms with E-state index < -0.39 is 0 Å². The predicted molar refractivity (Wildman–Crippen MR) is 73.4 cm³/mol. The second kappa shape index (κ2) is 5.26. The molecular formula is C12H18BrNS. The smallest absolute Gasteiger partial charge is 0.0463 e. The third kappa shape index (κ3) is 4.94. The molecule has 0 spiro atoms. The average molecular weight is 288 g/mol. The Kier molecular flexibility index (Phi) is 4.53. The van der Waals surface area contributed by atoms with Crippen LogP contribution >= 0.6 is 27.7 Å². The number of nitrogens with two attached hydrogens (primary N) is 1. The number of anilines is 1. The molecule has 0 unspecified atom stereocenters. The van der Waals surface area contributed by atoms with Crippen molar-refractivity contribution in [3.63, 3.8) is 0 Å². The molecule has 1 rings (SSSR count). The van der Waals surface area contributed by atoms with Gasteiger partial charge in [0.2, 0.25) is 0 Å². The van der Waals surface area contributed by atoms with Gasteiger partial charge in [-0.3, -0.25) is 0 Å². The third-order valence-electron chi connectivity index (χ3n) is 2.08. The first-order chi connectivity index (χ1) is 6.88. The lowest BCUT2D eigenvalue weighted by Crippen LogP contribution is -2.05. The number of benzene rings is 1. The third-order valence-corrected chi connectivity index (χ3v) is 3.67. The molecule has 0 fully saturated rings. The zero-order valence-electron chi connectivity index (χ0n) is 9.51. The molecule has 0 aliphatic rings. The Morgan fingerprint density at radius 3 is 2.53 bits per heavy atom. The van der Waals surface area contributed by atoms with Crippen molar-refractivity contribution in [2.75, 3.05) is 11.5 Å². The molecule has 0 aliphatic carbocycles. The van der Waals surface area contributed by atoms with E-state index >= 15 is 0 Å². The summed E-state index contributed by atoms with van der Waals surface area (Å²) in [6.07, 6.45) is 1.20. The minimum atomic E-state index is 0.400. The quantitative estimate of drug-likeness (QED) is 0.651. The van der Waals surface area contributed by atoms with Crippen LogP contribution in [0.2, 0.25) is 0 Å². The molecule has 0 aliphatic heterocycles. The topological polar surface area (TPSA) is 26.0 Å². The summed E-state index contributed by atoms with van der Waals surface area (Å²) in [6.45, 7) is 6.79. The molecule has 0 bridgehead atoms. The highest BCUT2D eigenvalue weighted by molar-refractivity contribution is 9.10. The van der Waals surface area contributed by atoms with Gasteiger partial charge in [0.15, 0.2) is 0 Å². The van der Waals surface area contributed by atoms with Gasteiger partial charge in [-0.15, -0.1) is 11.8 Å². The maximum absolute atomic E-state index is 5.92. The van der Waals surface area contributed by atoms with E-state index in [0.717, 1.165) is 15.9 Å². The molecular weight excluding hydrogens is 270 g/mol. The summed E-state index contributed by atoms with van der Waals surface area (Å²) >= 11 is 5.24. The van der Waals surface area contributed by atoms with E-state index in [0.29, 0.717) is 5.41 Å². The molecule has 1 nitrogen and oxygen atoms in total. The van der Waals surface area contributed by atoms with Crippen LogP contribution in [0.5, 0.6) is 0 Å². The molecule has 2 N–H and O–H groups in total. The standard InChI is InChI=1S/C12H18BrNS/c1-12(2,3)6-7-15-11-5-4-9(13)8-10(11)14/h4-5,8H,6-7,14H2,1-3H3. The van der Waals surface area contributed by atoms with Crippen molar-refractivity contribution < 1.29 is 0 Å². The average Bonchev–Trinajstić information content (AvgIpc) is 2.07. The molecule has 0 saturated heterocycles. The van der Waals surface area contributed by atoms with Crippen LogP contribution in [0, 0.1) is 5.41 Å². The van der Waals surface area contributed by atoms with Gasteiger partial charge in [0, 0.05) is 15.1 Å². The summed E-state index contributed by atoms with van der Waals surface area (Å²) in [4.78, 5) is 1.18. The SMILES string of the molecule is CC(C)(C)CCSc1ccc(Br)cc1N. The lowest BCUT2D eigenvalue weighted by molar-refractivity contribution is 0.401. The first kappa shape index (κ1) is 12.9. The van der Waals surface area contributed by atoms with E-state index in [9.17, 15) is 0 Å². The zero-order valence-corrected chi connectivity index (χ0v) is 11.9. The molecule has 0 radical (unpaired) electrons. The van der Waals surface area contributed by atoms with Crippen molar-refractivity contribution in [2.24, 2.45) is 5.41 Å². The molecule has 1 aromatic rings. The summed E-state index contributed by atoms with van der Waals surface area (Å²) in [7, 11) is 0. The van der Waals surface area contributed by atoms with Crippen LogP contribution in [0.4, 0.5) is 5.69 Å². The van der Waals surface area contributed by atoms with E-state index in [-0.39, 0.29) is 0 Å². The second-order valence-electron chi connectivity index (χ2n) is 4.84. The summed E-state index contributed by atoms with van der Waals surface area (Å²) in [5.41, 5.74) is 7.18. The van der Waals surface area contributed by atoms with Crippen LogP contribution in [-0.4, -0.2) is 5.75 Å². The van der Waals surface area contributed by atoms with Crippen LogP contribution < -0.4 is 5.73 Å². The summed E-state index contributed by atoms with van der Waals surface area (Å²) in [5.74, 6) is 1.12. The number of rotatable bonds is 3. The highest BCUT2D eigenvalue weighted by atomic mass is 79.9. The maximum Gasteiger partial charge on any atom is 0.0463 e. The highest BCUT2D eigenvalue weighted by Gasteiger charge is 2.10. The first-order valence-corrected chi connectivity index (χ1v) is 6.84. The maximum atomic E-state index is 5.92. The van der Waals surface area contributed by atoms with E-state index in [1.54, 1.807) is 0 Å². The van der Waals surface area contributed by atoms with Gasteiger partial charge < -0.3 is 5.73 Å². The van der Waals surface area contributed by atoms with E-state index in [2.05, 4.69) is 42.8 Å². The van der Waals surface area contributed by atoms with E-state index in [4.69, 9.17) is 5.73 Å². The fraction of sp³-hybridized carbons (Fsp3) is 0.500. The van der Waals surface area contributed by atoms with Gasteiger partial charge in [0.25, 0.3) is 0 Å². The Balaban J connectivity index is 2.51. The molecule has 15 heavy (non-hydrogen) atoms. The molecule has 84 valence electrons. The van der Waals surface area contributed by atoms with E-state index in [1.165, 1.54) is 11.3 Å². The van der Waals surface area contributed by atoms with Crippen molar-refractivity contribution in [1.29, 1.82) is 0 Å². The largest absolute Gasteiger partial charge is 0.398 e. The van der Waals surface area contributed by atoms with Crippen LogP contribution in [-0.2, 0) is 0 Å². The summed E-state index contributed by atoms with van der Waals surface area (Å²) in [5, 5.41) is 0. The summed E-state index contributed by atoms with van der Waals surface area (Å²) in [6, 6.07) is 6.07. The van der Waals surface area contributed by atoms with Gasteiger partial charge in [-0.2, -0.15) is 0 Å². The lowest BCUT2D eigenvalue weighted by Gasteiger charge is -2.17. The van der Waals surface area contributed by atoms with Crippen molar-refractivity contribution in [1.82, 2.24) is 0 Å². The Bertz CT molecular complexity index is 331. The van der Waals surface area contributed by atoms with Crippen molar-refractivity contribution in [3.05, 3.63) is 22.7 Å². The van der Waals surface area contributed by atoms with Gasteiger partial charge >= 0.3 is 0 Å². The first-order valence-electron chi connectivity index (χ1n) is 5.06. The van der Waals surface area contributed by atoms with Crippen LogP contribution in [0.3, 0.4) is 0 Å². The monoisotopic (exact) mass is 287 g/mol. The summed E-state index contributed by atoms with van der Waals surface area (Å²) < 4.78 is 1.04. The van der Waals surface area contributed by atoms with Gasteiger partial charge in [0.1, 0.15) is 0 Å². The van der Waals surface area contributed by atoms with Crippen molar-refractivity contribution >= 4 is 33.4 Å². The van der Waals surface area contributed by atoms with E-state index in [1.807, 2.05) is 23.9 Å². The lowest BCUT2D eigenvalue weighted by atomic mass is 9.94. The van der Waals surface area contributed by atoms with Gasteiger partial charge in [-0.05, 0) is 35.8 Å². The fourth-order valence-electron chi connectivity index (χ4n) is 1.12. The Morgan fingerprint density at radius 2 is 2.00 bits per heavy atom. The Hall–Kier alpha value is -0.150. The number of hydrogen-bond acceptors (Lipinski definition) is 2. The van der Waals surface area contributed by atoms with Crippen LogP contribution in [0.25, 0.3) is 0 Å². The normalized spacial score (nSPS) is 11.7. The van der Waals surface area contributed by atoms with Crippen LogP contribution in [0.15, 0.2) is 27.6 Å². The van der Waals surface area contributed by atoms with Crippen molar-refractivity contribution in [2.45, 2.75) is 32.1 Å². The second-order valence-corrected chi connectivity index (χ2v) is 6.89. The molecule has 0 heterocycles. The number of nitrogen functional groups attached to an aromatic ring is 1. The Morgan fingerprint density at radius 1 is 1.33 bits per heavy atom. The number of halogens is 1. The van der Waals surface area contributed by atoms with Crippen molar-refractivity contribution in [3.8, 4) is 0 Å². The van der Waals surface area contributed by atoms with Gasteiger partial charge in [-0.1, -0.05) is 36.7 Å². The van der Waals surface area contributed by atoms with Crippen LogP contribution in [0.1, 0.15) is 27.2 Å². The fourth-order valence-corrected chi connectivity index (χ4v) is 2.82. The predicted octanol–water partition coefficient (Wildman–Crippen LogP) is 4.56. The minimum Gasteiger partial charge on any atom is -0.398 e. The molecule has 3 heteroatoms. The molecule has 0 amide bonds. The Labute approximate surface area is 105 Å². The molecule has 0 atom stereocenters.